The first-order chi connectivity index (χ1) is 15.6. The third-order valence-electron chi connectivity index (χ3n) is 5.03. The van der Waals surface area contributed by atoms with Gasteiger partial charge >= 0.3 is 0 Å². The van der Waals surface area contributed by atoms with Gasteiger partial charge < -0.3 is 24.5 Å². The Balaban J connectivity index is 0.00000306. The Morgan fingerprint density at radius 1 is 1.18 bits per heavy atom. The van der Waals surface area contributed by atoms with Gasteiger partial charge in [-0.15, -0.1) is 24.0 Å². The molecule has 0 aliphatic carbocycles. The molecular weight excluding hydrogens is 538 g/mol. The number of aryl methyl sites for hydroxylation is 1. The highest BCUT2D eigenvalue weighted by molar-refractivity contribution is 14.0. The number of hydrogen-bond acceptors (Lipinski definition) is 5. The lowest BCUT2D eigenvalue weighted by Crippen LogP contribution is -2.38. The highest BCUT2D eigenvalue weighted by Crippen LogP contribution is 2.29. The van der Waals surface area contributed by atoms with E-state index in [1.54, 1.807) is 6.26 Å². The molecule has 0 unspecified atom stereocenters. The number of halogens is 2. The third kappa shape index (κ3) is 6.67. The normalized spacial score (nSPS) is 13.0. The summed E-state index contributed by atoms with van der Waals surface area (Å²) in [6.07, 6.45) is 2.22. The van der Waals surface area contributed by atoms with Crippen LogP contribution < -0.4 is 15.4 Å². The molecule has 4 rings (SSSR count). The lowest BCUT2D eigenvalue weighted by Gasteiger charge is -2.21. The fourth-order valence-corrected chi connectivity index (χ4v) is 3.47. The zero-order valence-electron chi connectivity index (χ0n) is 18.7. The van der Waals surface area contributed by atoms with Gasteiger partial charge in [-0.3, -0.25) is 0 Å². The van der Waals surface area contributed by atoms with Crippen molar-refractivity contribution in [1.29, 1.82) is 0 Å². The van der Waals surface area contributed by atoms with Gasteiger partial charge in [0.1, 0.15) is 23.5 Å². The van der Waals surface area contributed by atoms with Crippen LogP contribution in [-0.4, -0.2) is 30.8 Å². The number of aromatic nitrogens is 1. The molecule has 1 aliphatic rings. The van der Waals surface area contributed by atoms with Crippen LogP contribution in [0.25, 0.3) is 11.5 Å². The Hall–Kier alpha value is -2.66. The average Bonchev–Trinajstić information content (AvgIpc) is 3.27. The molecule has 1 aromatic heterocycles. The Bertz CT molecular complexity index is 1090. The van der Waals surface area contributed by atoms with E-state index in [0.29, 0.717) is 43.7 Å². The number of aliphatic imine (C=N–C) groups is 1. The van der Waals surface area contributed by atoms with E-state index in [1.165, 1.54) is 17.7 Å². The van der Waals surface area contributed by atoms with E-state index < -0.39 is 0 Å². The molecule has 0 amide bonds. The second-order valence-electron chi connectivity index (χ2n) is 7.55. The van der Waals surface area contributed by atoms with Gasteiger partial charge in [0.15, 0.2) is 12.8 Å². The maximum atomic E-state index is 13.9. The molecule has 3 aromatic rings. The first kappa shape index (κ1) is 25.0. The Morgan fingerprint density at radius 3 is 2.79 bits per heavy atom. The second-order valence-corrected chi connectivity index (χ2v) is 7.55. The molecule has 2 aromatic carbocycles. The van der Waals surface area contributed by atoms with Crippen molar-refractivity contribution in [1.82, 2.24) is 15.6 Å². The van der Waals surface area contributed by atoms with Gasteiger partial charge in [0.2, 0.25) is 5.89 Å². The number of benzene rings is 2. The van der Waals surface area contributed by atoms with Crippen LogP contribution in [0.15, 0.2) is 52.1 Å². The standard InChI is InChI=1S/C24H27FN4O3.HI/c1-3-26-24(27-9-8-18-10-20(25)11-19-13-30-15-32-22(18)19)28-12-21-14-31-23(29-21)17-6-4-16(2)5-7-17;/h4-7,10-11,14H,3,8-9,12-13,15H2,1-2H3,(H2,26,27,28);1H. The van der Waals surface area contributed by atoms with Crippen LogP contribution >= 0.6 is 24.0 Å². The fourth-order valence-electron chi connectivity index (χ4n) is 3.47. The Labute approximate surface area is 209 Å². The van der Waals surface area contributed by atoms with Gasteiger partial charge in [-0.05, 0) is 50.1 Å². The summed E-state index contributed by atoms with van der Waals surface area (Å²) in [6, 6.07) is 11.0. The van der Waals surface area contributed by atoms with Crippen LogP contribution in [0, 0.1) is 12.7 Å². The number of rotatable bonds is 7. The van der Waals surface area contributed by atoms with Crippen molar-refractivity contribution in [3.8, 4) is 17.2 Å². The van der Waals surface area contributed by atoms with Crippen LogP contribution in [0.4, 0.5) is 4.39 Å². The number of ether oxygens (including phenoxy) is 2. The summed E-state index contributed by atoms with van der Waals surface area (Å²) in [5, 5.41) is 6.49. The van der Waals surface area contributed by atoms with Crippen LogP contribution in [0.2, 0.25) is 0 Å². The van der Waals surface area contributed by atoms with Crippen LogP contribution in [0.1, 0.15) is 29.3 Å². The minimum absolute atomic E-state index is 0. The molecule has 0 fully saturated rings. The van der Waals surface area contributed by atoms with Crippen molar-refractivity contribution in [2.75, 3.05) is 19.9 Å². The van der Waals surface area contributed by atoms with Crippen molar-refractivity contribution >= 4 is 29.9 Å². The molecule has 0 spiro atoms. The maximum absolute atomic E-state index is 13.9. The largest absolute Gasteiger partial charge is 0.467 e. The summed E-state index contributed by atoms with van der Waals surface area (Å²) in [4.78, 5) is 9.12. The fraction of sp³-hybridized carbons (Fsp3) is 0.333. The first-order valence-corrected chi connectivity index (χ1v) is 10.7. The molecule has 7 nitrogen and oxygen atoms in total. The first-order valence-electron chi connectivity index (χ1n) is 10.7. The van der Waals surface area contributed by atoms with Crippen LogP contribution in [-0.2, 0) is 24.3 Å². The summed E-state index contributed by atoms with van der Waals surface area (Å²) in [5.74, 6) is 1.66. The third-order valence-corrected chi connectivity index (χ3v) is 5.03. The average molecular weight is 566 g/mol. The Morgan fingerprint density at radius 2 is 2.00 bits per heavy atom. The lowest BCUT2D eigenvalue weighted by molar-refractivity contribution is -0.0172. The number of guanidine groups is 1. The van der Waals surface area contributed by atoms with E-state index in [4.69, 9.17) is 13.9 Å². The number of nitrogens with zero attached hydrogens (tertiary/aromatic N) is 2. The molecule has 0 bridgehead atoms. The second kappa shape index (κ2) is 12.0. The molecule has 2 N–H and O–H groups in total. The molecule has 33 heavy (non-hydrogen) atoms. The molecule has 9 heteroatoms. The minimum Gasteiger partial charge on any atom is -0.467 e. The van der Waals surface area contributed by atoms with E-state index >= 15 is 0 Å². The summed E-state index contributed by atoms with van der Waals surface area (Å²) in [5.41, 5.74) is 4.41. The minimum atomic E-state index is -0.288. The SMILES string of the molecule is CCNC(=NCc1coc(-c2ccc(C)cc2)n1)NCCc1cc(F)cc2c1OCOC2.I. The van der Waals surface area contributed by atoms with Crippen molar-refractivity contribution in [2.24, 2.45) is 4.99 Å². The predicted molar refractivity (Wildman–Crippen MR) is 135 cm³/mol. The highest BCUT2D eigenvalue weighted by Gasteiger charge is 2.17. The zero-order chi connectivity index (χ0) is 22.3. The quantitative estimate of drug-likeness (QED) is 0.248. The van der Waals surface area contributed by atoms with E-state index in [0.717, 1.165) is 28.9 Å². The molecule has 0 saturated carbocycles. The highest BCUT2D eigenvalue weighted by atomic mass is 127. The van der Waals surface area contributed by atoms with Gasteiger partial charge in [-0.1, -0.05) is 17.7 Å². The summed E-state index contributed by atoms with van der Waals surface area (Å²) < 4.78 is 30.4. The van der Waals surface area contributed by atoms with Gasteiger partial charge in [-0.25, -0.2) is 14.4 Å². The molecule has 0 radical (unpaired) electrons. The van der Waals surface area contributed by atoms with E-state index in [-0.39, 0.29) is 36.6 Å². The van der Waals surface area contributed by atoms with Crippen LogP contribution in [0.5, 0.6) is 5.75 Å². The van der Waals surface area contributed by atoms with Crippen molar-refractivity contribution in [3.05, 3.63) is 70.9 Å². The molecule has 1 aliphatic heterocycles. The van der Waals surface area contributed by atoms with E-state index in [1.807, 2.05) is 38.1 Å². The monoisotopic (exact) mass is 566 g/mol. The van der Waals surface area contributed by atoms with Gasteiger partial charge in [-0.2, -0.15) is 0 Å². The van der Waals surface area contributed by atoms with Crippen molar-refractivity contribution in [3.63, 3.8) is 0 Å². The molecular formula is C24H28FIN4O3. The zero-order valence-corrected chi connectivity index (χ0v) is 21.0. The van der Waals surface area contributed by atoms with Gasteiger partial charge in [0.25, 0.3) is 0 Å². The summed E-state index contributed by atoms with van der Waals surface area (Å²) in [7, 11) is 0. The van der Waals surface area contributed by atoms with E-state index in [2.05, 4.69) is 20.6 Å². The topological polar surface area (TPSA) is 80.9 Å². The van der Waals surface area contributed by atoms with Crippen molar-refractivity contribution < 1.29 is 18.3 Å². The number of nitrogens with one attached hydrogen (secondary N) is 2. The molecule has 176 valence electrons. The van der Waals surface area contributed by atoms with Gasteiger partial charge in [0, 0.05) is 24.2 Å². The number of fused-ring (bicyclic) bond motifs is 1. The summed E-state index contributed by atoms with van der Waals surface area (Å²) >= 11 is 0. The molecule has 0 saturated heterocycles. The maximum Gasteiger partial charge on any atom is 0.226 e. The number of hydrogen-bond donors (Lipinski definition) is 2. The molecule has 0 atom stereocenters. The molecule has 2 heterocycles. The van der Waals surface area contributed by atoms with Crippen LogP contribution in [0.3, 0.4) is 0 Å². The van der Waals surface area contributed by atoms with Crippen molar-refractivity contribution in [2.45, 2.75) is 33.4 Å². The lowest BCUT2D eigenvalue weighted by atomic mass is 10.1. The smallest absolute Gasteiger partial charge is 0.226 e. The summed E-state index contributed by atoms with van der Waals surface area (Å²) in [6.45, 7) is 6.25. The Kier molecular flexibility index (Phi) is 9.07. The van der Waals surface area contributed by atoms with E-state index in [9.17, 15) is 4.39 Å². The van der Waals surface area contributed by atoms with Gasteiger partial charge in [0.05, 0.1) is 13.2 Å². The number of oxazole rings is 1. The predicted octanol–water partition coefficient (Wildman–Crippen LogP) is 4.57.